The number of hydrogen-bond acceptors (Lipinski definition) is 8. The summed E-state index contributed by atoms with van der Waals surface area (Å²) in [5.41, 5.74) is -0.188. The van der Waals surface area contributed by atoms with Crippen LogP contribution in [-0.4, -0.2) is 66.0 Å². The van der Waals surface area contributed by atoms with Gasteiger partial charge in [0.2, 0.25) is 5.91 Å². The topological polar surface area (TPSA) is 93.7 Å². The summed E-state index contributed by atoms with van der Waals surface area (Å²) in [6, 6.07) is 6.00. The van der Waals surface area contributed by atoms with E-state index in [1.165, 1.54) is 0 Å². The lowest BCUT2D eigenvalue weighted by Crippen LogP contribution is -2.41. The molecule has 0 aliphatic carbocycles. The zero-order valence-electron chi connectivity index (χ0n) is 19.4. The van der Waals surface area contributed by atoms with Crippen molar-refractivity contribution in [3.8, 4) is 16.3 Å². The van der Waals surface area contributed by atoms with Crippen molar-refractivity contribution < 1.29 is 41.0 Å². The van der Waals surface area contributed by atoms with Crippen LogP contribution < -0.4 is 10.1 Å². The van der Waals surface area contributed by atoms with E-state index in [4.69, 9.17) is 4.74 Å². The molecule has 0 radical (unpaired) electrons. The number of ether oxygens (including phenoxy) is 2. The summed E-state index contributed by atoms with van der Waals surface area (Å²) in [7, 11) is 0. The van der Waals surface area contributed by atoms with Crippen LogP contribution >= 0.6 is 23.7 Å². The lowest BCUT2D eigenvalue weighted by molar-refractivity contribution is -0.274. The minimum Gasteiger partial charge on any atom is -0.404 e. The number of nitrogens with zero attached hydrogens (tertiary/aromatic N) is 3. The number of benzene rings is 2. The Morgan fingerprint density at radius 3 is 2.39 bits per heavy atom. The first-order valence-corrected chi connectivity index (χ1v) is 11.7. The third-order valence-corrected chi connectivity index (χ3v) is 6.13. The molecule has 0 unspecified atom stereocenters. The molecule has 8 nitrogen and oxygen atoms in total. The van der Waals surface area contributed by atoms with Gasteiger partial charge in [0.1, 0.15) is 21.6 Å². The van der Waals surface area contributed by atoms with Gasteiger partial charge in [0, 0.05) is 30.3 Å². The summed E-state index contributed by atoms with van der Waals surface area (Å²) < 4.78 is 74.8. The number of hydrogen-bond donors (Lipinski definition) is 1. The van der Waals surface area contributed by atoms with Crippen molar-refractivity contribution in [2.24, 2.45) is 0 Å². The molecule has 0 bridgehead atoms. The van der Waals surface area contributed by atoms with Gasteiger partial charge in [-0.05, 0) is 30.3 Å². The number of halogens is 6. The molecule has 0 atom stereocenters. The van der Waals surface area contributed by atoms with Crippen molar-refractivity contribution in [2.75, 3.05) is 38.2 Å². The second-order valence-corrected chi connectivity index (χ2v) is 9.02. The number of anilines is 1. The van der Waals surface area contributed by atoms with Crippen molar-refractivity contribution in [1.29, 1.82) is 0 Å². The predicted molar refractivity (Wildman–Crippen MR) is 130 cm³/mol. The Morgan fingerprint density at radius 2 is 1.74 bits per heavy atom. The summed E-state index contributed by atoms with van der Waals surface area (Å²) in [6.45, 7) is 1.76. The molecule has 0 spiro atoms. The van der Waals surface area contributed by atoms with Gasteiger partial charge in [0.15, 0.2) is 11.5 Å². The molecule has 2 aromatic carbocycles. The summed E-state index contributed by atoms with van der Waals surface area (Å²) in [5.74, 6) is -3.39. The molecule has 2 heterocycles. The van der Waals surface area contributed by atoms with Crippen LogP contribution in [0.2, 0.25) is 0 Å². The van der Waals surface area contributed by atoms with Crippen molar-refractivity contribution in [2.45, 2.75) is 12.8 Å². The van der Waals surface area contributed by atoms with Crippen LogP contribution in [0.5, 0.6) is 5.75 Å². The Kier molecular flexibility index (Phi) is 9.71. The molecule has 1 N–H and O–H groups in total. The molecule has 1 amide bonds. The normalized spacial score (nSPS) is 14.0. The van der Waals surface area contributed by atoms with Gasteiger partial charge >= 0.3 is 6.36 Å². The van der Waals surface area contributed by atoms with Crippen LogP contribution in [0.25, 0.3) is 10.6 Å². The number of alkyl halides is 3. The number of Topliss-reactive ketones (excluding diaryl/α,β-unsaturated/α-hetero) is 1. The highest BCUT2D eigenvalue weighted by Gasteiger charge is 2.32. The highest BCUT2D eigenvalue weighted by molar-refractivity contribution is 7.14. The van der Waals surface area contributed by atoms with Gasteiger partial charge in [-0.15, -0.1) is 35.8 Å². The zero-order chi connectivity index (χ0) is 26.6. The summed E-state index contributed by atoms with van der Waals surface area (Å²) in [6.07, 6.45) is -5.30. The van der Waals surface area contributed by atoms with E-state index in [9.17, 15) is 31.5 Å². The molecule has 1 fully saturated rings. The number of carbonyl (C=O) groups excluding carboxylic acids is 2. The smallest absolute Gasteiger partial charge is 0.404 e. The van der Waals surface area contributed by atoms with Gasteiger partial charge in [0.05, 0.1) is 31.9 Å². The minimum absolute atomic E-state index is 0. The molecule has 3 aromatic rings. The standard InChI is InChI=1S/C23H19F5N4O4S.ClH/c24-15-7-14(8-16(25)10-15)22-31-30-21(37-22)11-18(33)13-1-2-19(36-23(26,27)28)17(9-13)29-20(34)12-32-3-5-35-6-4-32;/h1-2,7-10H,3-6,11-12H2,(H,29,34);1H. The molecule has 204 valence electrons. The molecule has 1 aliphatic heterocycles. The summed E-state index contributed by atoms with van der Waals surface area (Å²) in [4.78, 5) is 27.1. The molecule has 1 aliphatic rings. The Labute approximate surface area is 223 Å². The Hall–Kier alpha value is -3.20. The van der Waals surface area contributed by atoms with E-state index in [1.54, 1.807) is 4.90 Å². The molecular formula is C23H20ClF5N4O4S. The number of morpholine rings is 1. The third-order valence-electron chi connectivity index (χ3n) is 5.16. The molecule has 15 heteroatoms. The molecule has 1 saturated heterocycles. The van der Waals surface area contributed by atoms with Gasteiger partial charge < -0.3 is 14.8 Å². The second kappa shape index (κ2) is 12.6. The molecule has 0 saturated carbocycles. The van der Waals surface area contributed by atoms with E-state index in [2.05, 4.69) is 20.3 Å². The number of ketones is 1. The van der Waals surface area contributed by atoms with E-state index in [0.29, 0.717) is 32.4 Å². The average molecular weight is 579 g/mol. The molecule has 1 aromatic heterocycles. The largest absolute Gasteiger partial charge is 0.573 e. The first-order valence-electron chi connectivity index (χ1n) is 10.9. The Balaban J connectivity index is 0.00000400. The number of carbonyl (C=O) groups is 2. The van der Waals surface area contributed by atoms with Gasteiger partial charge in [-0.2, -0.15) is 0 Å². The molecular weight excluding hydrogens is 559 g/mol. The Morgan fingerprint density at radius 1 is 1.05 bits per heavy atom. The lowest BCUT2D eigenvalue weighted by Gasteiger charge is -2.26. The van der Waals surface area contributed by atoms with E-state index < -0.39 is 35.4 Å². The van der Waals surface area contributed by atoms with Crippen LogP contribution in [0.3, 0.4) is 0 Å². The summed E-state index contributed by atoms with van der Waals surface area (Å²) >= 11 is 0.936. The molecule has 38 heavy (non-hydrogen) atoms. The van der Waals surface area contributed by atoms with Crippen LogP contribution in [0.15, 0.2) is 36.4 Å². The average Bonchev–Trinajstić information content (AvgIpc) is 3.28. The van der Waals surface area contributed by atoms with E-state index in [-0.39, 0.29) is 52.2 Å². The van der Waals surface area contributed by atoms with Gasteiger partial charge in [-0.1, -0.05) is 11.3 Å². The SMILES string of the molecule is Cl.O=C(CN1CCOCC1)Nc1cc(C(=O)Cc2nnc(-c3cc(F)cc(F)c3)s2)ccc1OC(F)(F)F. The maximum absolute atomic E-state index is 13.5. The predicted octanol–water partition coefficient (Wildman–Crippen LogP) is 4.50. The van der Waals surface area contributed by atoms with Crippen LogP contribution in [0.1, 0.15) is 15.4 Å². The number of amides is 1. The maximum Gasteiger partial charge on any atom is 0.573 e. The van der Waals surface area contributed by atoms with Crippen molar-refractivity contribution in [3.05, 3.63) is 58.6 Å². The van der Waals surface area contributed by atoms with Crippen molar-refractivity contribution in [3.63, 3.8) is 0 Å². The fourth-order valence-electron chi connectivity index (χ4n) is 3.53. The van der Waals surface area contributed by atoms with Gasteiger partial charge in [0.25, 0.3) is 0 Å². The van der Waals surface area contributed by atoms with Gasteiger partial charge in [-0.3, -0.25) is 14.5 Å². The highest BCUT2D eigenvalue weighted by Crippen LogP contribution is 2.32. The fourth-order valence-corrected chi connectivity index (χ4v) is 4.35. The van der Waals surface area contributed by atoms with E-state index >= 15 is 0 Å². The highest BCUT2D eigenvalue weighted by atomic mass is 35.5. The molecule has 4 rings (SSSR count). The second-order valence-electron chi connectivity index (χ2n) is 7.95. The number of nitrogens with one attached hydrogen (secondary N) is 1. The van der Waals surface area contributed by atoms with Crippen molar-refractivity contribution in [1.82, 2.24) is 15.1 Å². The fraction of sp³-hybridized carbons (Fsp3) is 0.304. The number of rotatable bonds is 8. The van der Waals surface area contributed by atoms with Crippen molar-refractivity contribution >= 4 is 41.1 Å². The maximum atomic E-state index is 13.5. The third kappa shape index (κ3) is 8.15. The first-order chi connectivity index (χ1) is 17.6. The van der Waals surface area contributed by atoms with Gasteiger partial charge in [-0.25, -0.2) is 8.78 Å². The van der Waals surface area contributed by atoms with E-state index in [1.807, 2.05) is 0 Å². The Bertz CT molecular complexity index is 1280. The zero-order valence-corrected chi connectivity index (χ0v) is 21.0. The van der Waals surface area contributed by atoms with E-state index in [0.717, 1.165) is 41.7 Å². The monoisotopic (exact) mass is 578 g/mol. The minimum atomic E-state index is -5.02. The quantitative estimate of drug-likeness (QED) is 0.311. The van der Waals surface area contributed by atoms with Crippen LogP contribution in [-0.2, 0) is 16.0 Å². The first kappa shape index (κ1) is 29.4. The number of aromatic nitrogens is 2. The lowest BCUT2D eigenvalue weighted by atomic mass is 10.1. The van der Waals surface area contributed by atoms with Crippen LogP contribution in [0, 0.1) is 11.6 Å². The van der Waals surface area contributed by atoms with Crippen LogP contribution in [0.4, 0.5) is 27.6 Å². The summed E-state index contributed by atoms with van der Waals surface area (Å²) in [5, 5.41) is 10.5.